The molecule has 0 aliphatic rings. The monoisotopic (exact) mass is 482 g/mol. The lowest BCUT2D eigenvalue weighted by atomic mass is 10.9. The zero-order valence-electron chi connectivity index (χ0n) is 20.5. The highest BCUT2D eigenvalue weighted by molar-refractivity contribution is 6.98. The summed E-state index contributed by atoms with van der Waals surface area (Å²) in [6.07, 6.45) is 0. The maximum atomic E-state index is 6.80. The highest BCUT2D eigenvalue weighted by atomic mass is 28.5. The first kappa shape index (κ1) is 27.9. The average molecular weight is 483 g/mol. The lowest BCUT2D eigenvalue weighted by Crippen LogP contribution is -2.60. The second-order valence-corrected chi connectivity index (χ2v) is 36.6. The highest BCUT2D eigenvalue weighted by Gasteiger charge is 2.48. The first-order valence-corrected chi connectivity index (χ1v) is 28.0. The highest BCUT2D eigenvalue weighted by Crippen LogP contribution is 2.35. The third kappa shape index (κ3) is 10.5. The van der Waals surface area contributed by atoms with Gasteiger partial charge in [0.15, 0.2) is 16.6 Å². The maximum absolute atomic E-state index is 6.80. The second-order valence-electron chi connectivity index (χ2n) is 11.1. The largest absolute Gasteiger partial charge is 0.436 e. The zero-order chi connectivity index (χ0) is 22.1. The van der Waals surface area contributed by atoms with Gasteiger partial charge in [-0.2, -0.15) is 0 Å². The number of hydrogen-bond donors (Lipinski definition) is 0. The van der Waals surface area contributed by atoms with Gasteiger partial charge in [0.05, 0.1) is 0 Å². The molecule has 27 heavy (non-hydrogen) atoms. The summed E-state index contributed by atoms with van der Waals surface area (Å²) < 4.78 is 26.4. The van der Waals surface area contributed by atoms with Crippen molar-refractivity contribution in [1.29, 1.82) is 0 Å². The molecule has 0 aromatic rings. The molecule has 0 saturated heterocycles. The molecule has 4 nitrogen and oxygen atoms in total. The SMILES string of the molecule is C=C[Si](C)(C)O[Si](C)(C)O[Si](C)(C)O[Si](C)(C)O[Si](C)(C)C(C)[Si](C)(C)C. The molecule has 1 atom stereocenters. The van der Waals surface area contributed by atoms with Gasteiger partial charge in [0.1, 0.15) is 0 Å². The van der Waals surface area contributed by atoms with Crippen LogP contribution in [0.1, 0.15) is 6.92 Å². The van der Waals surface area contributed by atoms with Crippen LogP contribution in [0.2, 0.25) is 90.3 Å². The maximum Gasteiger partial charge on any atom is 0.314 e. The molecule has 0 rings (SSSR count). The summed E-state index contributed by atoms with van der Waals surface area (Å²) >= 11 is 0. The summed E-state index contributed by atoms with van der Waals surface area (Å²) in [7, 11) is -12.0. The molecule has 0 aliphatic carbocycles. The van der Waals surface area contributed by atoms with E-state index in [0.717, 1.165) is 0 Å². The van der Waals surface area contributed by atoms with Crippen molar-refractivity contribution in [3.8, 4) is 0 Å². The van der Waals surface area contributed by atoms with Gasteiger partial charge in [-0.05, 0) is 70.6 Å². The fourth-order valence-electron chi connectivity index (χ4n) is 3.69. The summed E-state index contributed by atoms with van der Waals surface area (Å²) in [5.74, 6) is 0. The summed E-state index contributed by atoms with van der Waals surface area (Å²) in [6.45, 7) is 35.5. The van der Waals surface area contributed by atoms with Crippen LogP contribution in [0.4, 0.5) is 0 Å². The van der Waals surface area contributed by atoms with Crippen molar-refractivity contribution in [1.82, 2.24) is 0 Å². The Labute approximate surface area is 176 Å². The summed E-state index contributed by atoms with van der Waals surface area (Å²) in [4.78, 5) is 0. The minimum absolute atomic E-state index is 0.666. The van der Waals surface area contributed by atoms with Crippen LogP contribution in [0, 0.1) is 0 Å². The van der Waals surface area contributed by atoms with E-state index in [4.69, 9.17) is 16.5 Å². The van der Waals surface area contributed by atoms with E-state index >= 15 is 0 Å². The van der Waals surface area contributed by atoms with Gasteiger partial charge in [0.2, 0.25) is 0 Å². The molecular formula is C17H46O4Si6. The molecule has 0 heterocycles. The van der Waals surface area contributed by atoms with Gasteiger partial charge < -0.3 is 16.5 Å². The fourth-order valence-corrected chi connectivity index (χ4v) is 34.8. The Bertz CT molecular complexity index is 512. The fraction of sp³-hybridized carbons (Fsp3) is 0.882. The molecule has 0 spiro atoms. The van der Waals surface area contributed by atoms with E-state index in [1.165, 1.54) is 0 Å². The Morgan fingerprint density at radius 3 is 1.26 bits per heavy atom. The van der Waals surface area contributed by atoms with Crippen LogP contribution in [0.3, 0.4) is 0 Å². The number of hydrogen-bond acceptors (Lipinski definition) is 4. The summed E-state index contributed by atoms with van der Waals surface area (Å²) in [5.41, 5.74) is 1.97. The van der Waals surface area contributed by atoms with Gasteiger partial charge >= 0.3 is 25.7 Å². The van der Waals surface area contributed by atoms with E-state index in [1.54, 1.807) is 0 Å². The van der Waals surface area contributed by atoms with Crippen molar-refractivity contribution in [2.75, 3.05) is 0 Å². The lowest BCUT2D eigenvalue weighted by molar-refractivity contribution is 0.299. The molecule has 0 fully saturated rings. The molecule has 0 amide bonds. The Kier molecular flexibility index (Phi) is 9.23. The lowest BCUT2D eigenvalue weighted by Gasteiger charge is -2.45. The smallest absolute Gasteiger partial charge is 0.314 e. The van der Waals surface area contributed by atoms with Crippen molar-refractivity contribution >= 4 is 50.4 Å². The van der Waals surface area contributed by atoms with Crippen LogP contribution >= 0.6 is 0 Å². The van der Waals surface area contributed by atoms with Crippen molar-refractivity contribution in [2.24, 2.45) is 0 Å². The van der Waals surface area contributed by atoms with Crippen molar-refractivity contribution in [2.45, 2.75) is 97.2 Å². The molecule has 0 saturated carbocycles. The van der Waals surface area contributed by atoms with Gasteiger partial charge in [-0.15, -0.1) is 6.58 Å². The van der Waals surface area contributed by atoms with Crippen LogP contribution in [-0.4, -0.2) is 50.4 Å². The minimum Gasteiger partial charge on any atom is -0.436 e. The van der Waals surface area contributed by atoms with Crippen LogP contribution in [0.25, 0.3) is 0 Å². The van der Waals surface area contributed by atoms with E-state index in [1.807, 2.05) is 5.70 Å². The van der Waals surface area contributed by atoms with Gasteiger partial charge in [-0.1, -0.05) is 32.3 Å². The quantitative estimate of drug-likeness (QED) is 0.312. The molecule has 0 aromatic heterocycles. The van der Waals surface area contributed by atoms with E-state index in [0.29, 0.717) is 5.16 Å². The first-order chi connectivity index (χ1) is 11.5. The van der Waals surface area contributed by atoms with Crippen LogP contribution < -0.4 is 0 Å². The van der Waals surface area contributed by atoms with Gasteiger partial charge in [0, 0.05) is 8.07 Å². The molecule has 0 aliphatic heterocycles. The van der Waals surface area contributed by atoms with Gasteiger partial charge in [-0.3, -0.25) is 0 Å². The standard InChI is InChI=1S/C17H46O4Si6/c1-16-23(6,7)18-25(10,11)20-27(14,15)21-26(12,13)19-24(8,9)17(2)22(3,4)5/h16-17H,1H2,2-15H3. The average Bonchev–Trinajstić information content (AvgIpc) is 2.30. The Morgan fingerprint density at radius 1 is 0.593 bits per heavy atom. The Hall–Kier alpha value is 0.881. The molecular weight excluding hydrogens is 437 g/mol. The third-order valence-electron chi connectivity index (χ3n) is 4.83. The predicted octanol–water partition coefficient (Wildman–Crippen LogP) is 6.56. The van der Waals surface area contributed by atoms with E-state index in [-0.39, 0.29) is 0 Å². The van der Waals surface area contributed by atoms with Crippen LogP contribution in [-0.2, 0) is 16.5 Å². The molecule has 162 valence electrons. The van der Waals surface area contributed by atoms with Gasteiger partial charge in [-0.25, -0.2) is 0 Å². The topological polar surface area (TPSA) is 36.9 Å². The first-order valence-electron chi connectivity index (χ1n) is 9.98. The van der Waals surface area contributed by atoms with E-state index in [9.17, 15) is 0 Å². The van der Waals surface area contributed by atoms with E-state index in [2.05, 4.69) is 98.6 Å². The summed E-state index contributed by atoms with van der Waals surface area (Å²) in [5, 5.41) is 0.666. The normalized spacial score (nSPS) is 16.4. The van der Waals surface area contributed by atoms with Crippen molar-refractivity contribution < 1.29 is 16.5 Å². The second kappa shape index (κ2) is 8.94. The van der Waals surface area contributed by atoms with Crippen molar-refractivity contribution in [3.05, 3.63) is 12.3 Å². The third-order valence-corrected chi connectivity index (χ3v) is 31.2. The van der Waals surface area contributed by atoms with Crippen LogP contribution in [0.15, 0.2) is 12.3 Å². The Morgan fingerprint density at radius 2 is 0.926 bits per heavy atom. The van der Waals surface area contributed by atoms with Crippen LogP contribution in [0.5, 0.6) is 0 Å². The predicted molar refractivity (Wildman–Crippen MR) is 135 cm³/mol. The van der Waals surface area contributed by atoms with Crippen molar-refractivity contribution in [3.63, 3.8) is 0 Å². The molecule has 1 unspecified atom stereocenters. The molecule has 0 N–H and O–H groups in total. The molecule has 0 radical (unpaired) electrons. The molecule has 0 aromatic carbocycles. The van der Waals surface area contributed by atoms with E-state index < -0.39 is 50.4 Å². The minimum atomic E-state index is -2.37. The Balaban J connectivity index is 5.22. The molecule has 0 bridgehead atoms. The molecule has 10 heteroatoms. The number of rotatable bonds is 11. The summed E-state index contributed by atoms with van der Waals surface area (Å²) in [6, 6.07) is 0. The zero-order valence-corrected chi connectivity index (χ0v) is 26.5. The van der Waals surface area contributed by atoms with Gasteiger partial charge in [0.25, 0.3) is 0 Å².